The maximum atomic E-state index is 13.4. The number of halogens is 2. The van der Waals surface area contributed by atoms with E-state index < -0.39 is 30.9 Å². The fourth-order valence-electron chi connectivity index (χ4n) is 3.54. The van der Waals surface area contributed by atoms with E-state index in [1.165, 1.54) is 26.0 Å². The summed E-state index contributed by atoms with van der Waals surface area (Å²) in [5.74, 6) is -0.303. The number of hydrogen-bond acceptors (Lipinski definition) is 10. The number of nitrogens with zero attached hydrogens (tertiary/aromatic N) is 3. The zero-order valence-electron chi connectivity index (χ0n) is 21.6. The summed E-state index contributed by atoms with van der Waals surface area (Å²) in [5.41, 5.74) is 12.8. The Labute approximate surface area is 231 Å². The minimum absolute atomic E-state index is 0.0737. The third-order valence-electron chi connectivity index (χ3n) is 5.41. The van der Waals surface area contributed by atoms with Crippen LogP contribution in [0.1, 0.15) is 38.3 Å². The Morgan fingerprint density at radius 1 is 1.15 bits per heavy atom. The highest BCUT2D eigenvalue weighted by atomic mass is 35.5. The van der Waals surface area contributed by atoms with Crippen molar-refractivity contribution < 1.29 is 30.1 Å². The van der Waals surface area contributed by atoms with Gasteiger partial charge in [-0.2, -0.15) is 21.8 Å². The second-order valence-electron chi connectivity index (χ2n) is 8.88. The molecule has 0 bridgehead atoms. The first-order valence-corrected chi connectivity index (χ1v) is 14.8. The number of carbonyl (C=O) groups is 1. The van der Waals surface area contributed by atoms with Gasteiger partial charge in [-0.3, -0.25) is 14.2 Å². The Hall–Kier alpha value is -3.27. The molecule has 0 unspecified atom stereocenters. The molecule has 0 aliphatic carbocycles. The van der Waals surface area contributed by atoms with E-state index in [0.29, 0.717) is 17.1 Å². The van der Waals surface area contributed by atoms with Gasteiger partial charge >= 0.3 is 10.2 Å². The Morgan fingerprint density at radius 3 is 2.28 bits per heavy atom. The molecule has 1 heterocycles. The summed E-state index contributed by atoms with van der Waals surface area (Å²) < 4.78 is 62.8. The predicted molar refractivity (Wildman–Crippen MR) is 150 cm³/mol. The fourth-order valence-corrected chi connectivity index (χ4v) is 4.53. The normalized spacial score (nSPS) is 15.0. The smallest absolute Gasteiger partial charge is 0.332 e. The molecule has 0 fully saturated rings. The van der Waals surface area contributed by atoms with Crippen molar-refractivity contribution in [2.75, 3.05) is 16.0 Å². The van der Waals surface area contributed by atoms with E-state index in [-0.39, 0.29) is 41.3 Å². The zero-order chi connectivity index (χ0) is 29.8. The number of nitrogens with one attached hydrogen (secondary N) is 1. The summed E-state index contributed by atoms with van der Waals surface area (Å²) in [5, 5.41) is 3.00. The highest BCUT2D eigenvalue weighted by molar-refractivity contribution is 7.86. The molecule has 3 rings (SSSR count). The molecule has 0 saturated heterocycles. The van der Waals surface area contributed by atoms with E-state index in [2.05, 4.69) is 15.3 Å². The molecule has 39 heavy (non-hydrogen) atoms. The topological polar surface area (TPSA) is 198 Å². The van der Waals surface area contributed by atoms with Gasteiger partial charge in [-0.05, 0) is 69.5 Å². The minimum atomic E-state index is -4.89. The first-order chi connectivity index (χ1) is 17.8. The summed E-state index contributed by atoms with van der Waals surface area (Å²) in [6.07, 6.45) is 0.396. The molecule has 0 radical (unpaired) electrons. The van der Waals surface area contributed by atoms with Gasteiger partial charge in [-0.15, -0.1) is 3.89 Å². The van der Waals surface area contributed by atoms with Crippen LogP contribution in [0.25, 0.3) is 0 Å². The van der Waals surface area contributed by atoms with E-state index in [1.54, 1.807) is 23.1 Å². The molecule has 16 heteroatoms. The van der Waals surface area contributed by atoms with Crippen LogP contribution in [0.4, 0.5) is 15.3 Å². The molecule has 2 aromatic rings. The molecule has 0 saturated carbocycles. The van der Waals surface area contributed by atoms with E-state index in [0.717, 1.165) is 11.6 Å². The molecule has 1 aliphatic rings. The van der Waals surface area contributed by atoms with Crippen LogP contribution in [0.3, 0.4) is 0 Å². The van der Waals surface area contributed by atoms with Gasteiger partial charge in [0.25, 0.3) is 10.1 Å². The number of aryl methyl sites for hydroxylation is 2. The van der Waals surface area contributed by atoms with Crippen molar-refractivity contribution in [1.82, 2.24) is 0 Å². The number of anilines is 2. The molecule has 0 aromatic heterocycles. The van der Waals surface area contributed by atoms with Gasteiger partial charge in [-0.1, -0.05) is 23.7 Å². The van der Waals surface area contributed by atoms with Crippen LogP contribution in [0, 0.1) is 6.92 Å². The van der Waals surface area contributed by atoms with Crippen molar-refractivity contribution in [2.45, 2.75) is 51.1 Å². The third-order valence-corrected chi connectivity index (χ3v) is 7.46. The highest BCUT2D eigenvalue weighted by Crippen LogP contribution is 2.31. The van der Waals surface area contributed by atoms with Gasteiger partial charge < -0.3 is 16.8 Å². The Morgan fingerprint density at radius 2 is 1.77 bits per heavy atom. The average molecular weight is 605 g/mol. The second kappa shape index (κ2) is 12.3. The molecule has 12 nitrogen and oxygen atoms in total. The summed E-state index contributed by atoms with van der Waals surface area (Å²) >= 11 is 6.44. The van der Waals surface area contributed by atoms with Crippen molar-refractivity contribution >= 4 is 61.1 Å². The number of rotatable bonds is 7. The highest BCUT2D eigenvalue weighted by Gasteiger charge is 2.33. The van der Waals surface area contributed by atoms with Crippen molar-refractivity contribution in [1.29, 1.82) is 0 Å². The third kappa shape index (κ3) is 9.16. The lowest BCUT2D eigenvalue weighted by Crippen LogP contribution is -2.54. The number of hydrogen-bond donors (Lipinski definition) is 4. The van der Waals surface area contributed by atoms with E-state index >= 15 is 0 Å². The summed E-state index contributed by atoms with van der Waals surface area (Å²) in [6, 6.07) is 9.28. The van der Waals surface area contributed by atoms with Crippen LogP contribution in [-0.2, 0) is 31.6 Å². The van der Waals surface area contributed by atoms with Gasteiger partial charge in [-0.25, -0.2) is 4.99 Å². The molecule has 214 valence electrons. The van der Waals surface area contributed by atoms with E-state index in [4.69, 9.17) is 27.6 Å². The Kier molecular flexibility index (Phi) is 10.1. The SMILES string of the molecule is CCS(=O)(=O)O.Cc1ccc(NC(=O)CCc2ccc(N3C(N)=NC(N)=NC3(C)C)cc2Cl)cc1S(=O)(=O)F. The number of benzene rings is 2. The first-order valence-electron chi connectivity index (χ1n) is 11.4. The molecule has 6 N–H and O–H groups in total. The van der Waals surface area contributed by atoms with Crippen LogP contribution >= 0.6 is 11.6 Å². The maximum Gasteiger partial charge on any atom is 0.332 e. The molecule has 2 aromatic carbocycles. The van der Waals surface area contributed by atoms with Crippen LogP contribution in [-0.4, -0.2) is 50.6 Å². The summed E-state index contributed by atoms with van der Waals surface area (Å²) in [4.78, 5) is 21.9. The molecule has 0 atom stereocenters. The molecule has 1 aliphatic heterocycles. The fraction of sp³-hybridized carbons (Fsp3) is 0.348. The molecular formula is C23H30ClFN6O6S2. The average Bonchev–Trinajstić information content (AvgIpc) is 2.77. The zero-order valence-corrected chi connectivity index (χ0v) is 24.0. The first kappa shape index (κ1) is 31.9. The maximum absolute atomic E-state index is 13.4. The molecular weight excluding hydrogens is 575 g/mol. The van der Waals surface area contributed by atoms with Crippen molar-refractivity contribution in [3.63, 3.8) is 0 Å². The van der Waals surface area contributed by atoms with Crippen LogP contribution in [0.5, 0.6) is 0 Å². The van der Waals surface area contributed by atoms with Crippen molar-refractivity contribution in [3.8, 4) is 0 Å². The monoisotopic (exact) mass is 604 g/mol. The lowest BCUT2D eigenvalue weighted by molar-refractivity contribution is -0.116. The standard InChI is InChI=1S/C21H24ClFN6O3S.C2H6O3S/c1-12-4-7-14(10-17(12)33(23,31)32)26-18(30)9-6-13-5-8-15(11-16(13)22)29-20(25)27-19(24)28-21(29,2)3;1-2-6(3,4)5/h4-5,7-8,10-11H,6,9H2,1-3H3,(H,26,30)(H4,24,25,27,28);2H2,1H3,(H,3,4,5). The number of aliphatic imine (C=N–C) groups is 2. The summed E-state index contributed by atoms with van der Waals surface area (Å²) in [7, 11) is -8.55. The second-order valence-corrected chi connectivity index (χ2v) is 12.3. The number of amides is 1. The number of carbonyl (C=O) groups excluding carboxylic acids is 1. The number of guanidine groups is 2. The quantitative estimate of drug-likeness (QED) is 0.271. The lowest BCUT2D eigenvalue weighted by Gasteiger charge is -2.38. The van der Waals surface area contributed by atoms with Gasteiger partial charge in [0, 0.05) is 22.8 Å². The van der Waals surface area contributed by atoms with Gasteiger partial charge in [0.2, 0.25) is 17.8 Å². The van der Waals surface area contributed by atoms with Crippen molar-refractivity contribution in [2.24, 2.45) is 21.5 Å². The van der Waals surface area contributed by atoms with Gasteiger partial charge in [0.1, 0.15) is 10.6 Å². The van der Waals surface area contributed by atoms with Crippen LogP contribution < -0.4 is 21.7 Å². The van der Waals surface area contributed by atoms with E-state index in [9.17, 15) is 25.5 Å². The van der Waals surface area contributed by atoms with Gasteiger partial charge in [0.15, 0.2) is 0 Å². The van der Waals surface area contributed by atoms with Crippen LogP contribution in [0.15, 0.2) is 51.3 Å². The Bertz CT molecular complexity index is 1530. The Balaban J connectivity index is 0.000000798. The minimum Gasteiger partial charge on any atom is -0.369 e. The lowest BCUT2D eigenvalue weighted by atomic mass is 10.1. The van der Waals surface area contributed by atoms with Gasteiger partial charge in [0.05, 0.1) is 5.75 Å². The van der Waals surface area contributed by atoms with Crippen LogP contribution in [0.2, 0.25) is 5.02 Å². The largest absolute Gasteiger partial charge is 0.369 e. The van der Waals surface area contributed by atoms with E-state index in [1.807, 2.05) is 13.8 Å². The summed E-state index contributed by atoms with van der Waals surface area (Å²) in [6.45, 7) is 6.50. The van der Waals surface area contributed by atoms with Crippen molar-refractivity contribution in [3.05, 3.63) is 52.5 Å². The molecule has 1 amide bonds. The molecule has 0 spiro atoms. The predicted octanol–water partition coefficient (Wildman–Crippen LogP) is 2.96. The number of nitrogens with two attached hydrogens (primary N) is 2.